The van der Waals surface area contributed by atoms with Gasteiger partial charge in [-0.25, -0.2) is 0 Å². The van der Waals surface area contributed by atoms with Gasteiger partial charge >= 0.3 is 0 Å². The van der Waals surface area contributed by atoms with Crippen LogP contribution < -0.4 is 10.6 Å². The number of nitrogens with zero attached hydrogens (tertiary/aromatic N) is 1. The van der Waals surface area contributed by atoms with Crippen molar-refractivity contribution in [2.75, 3.05) is 37.7 Å². The highest BCUT2D eigenvalue weighted by atomic mass is 16.5. The third kappa shape index (κ3) is 2.89. The lowest BCUT2D eigenvalue weighted by atomic mass is 10.0. The molecule has 2 rings (SSSR count). The van der Waals surface area contributed by atoms with Gasteiger partial charge in [-0.1, -0.05) is 6.07 Å². The standard InChI is InChI=1S/C14H20N2O2/c1-11-2-3-12(14(17)4-5-15)13(10-11)16-6-8-18-9-7-16/h2-3,10H,4-9,15H2,1H3. The molecule has 2 N–H and O–H groups in total. The summed E-state index contributed by atoms with van der Waals surface area (Å²) in [7, 11) is 0. The third-order valence-corrected chi connectivity index (χ3v) is 3.18. The maximum absolute atomic E-state index is 12.1. The Balaban J connectivity index is 2.30. The van der Waals surface area contributed by atoms with Gasteiger partial charge in [-0.05, 0) is 31.2 Å². The fourth-order valence-corrected chi connectivity index (χ4v) is 2.21. The van der Waals surface area contributed by atoms with Crippen LogP contribution in [0.3, 0.4) is 0 Å². The van der Waals surface area contributed by atoms with E-state index < -0.39 is 0 Å². The van der Waals surface area contributed by atoms with Gasteiger partial charge < -0.3 is 15.4 Å². The molecule has 1 saturated heterocycles. The van der Waals surface area contributed by atoms with Crippen molar-refractivity contribution in [3.8, 4) is 0 Å². The van der Waals surface area contributed by atoms with Crippen molar-refractivity contribution >= 4 is 11.5 Å². The van der Waals surface area contributed by atoms with Gasteiger partial charge in [0.1, 0.15) is 0 Å². The fraction of sp³-hybridized carbons (Fsp3) is 0.500. The Kier molecular flexibility index (Phi) is 4.33. The van der Waals surface area contributed by atoms with Gasteiger partial charge in [0.25, 0.3) is 0 Å². The van der Waals surface area contributed by atoms with E-state index in [1.54, 1.807) is 0 Å². The summed E-state index contributed by atoms with van der Waals surface area (Å²) < 4.78 is 5.35. The van der Waals surface area contributed by atoms with Gasteiger partial charge in [-0.15, -0.1) is 0 Å². The first-order chi connectivity index (χ1) is 8.72. The molecule has 4 heteroatoms. The Morgan fingerprint density at radius 1 is 1.39 bits per heavy atom. The van der Waals surface area contributed by atoms with Crippen LogP contribution in [0.2, 0.25) is 0 Å². The molecular formula is C14H20N2O2. The summed E-state index contributed by atoms with van der Waals surface area (Å²) in [5, 5.41) is 0. The summed E-state index contributed by atoms with van der Waals surface area (Å²) in [6, 6.07) is 5.97. The highest BCUT2D eigenvalue weighted by Gasteiger charge is 2.18. The largest absolute Gasteiger partial charge is 0.378 e. The minimum absolute atomic E-state index is 0.124. The lowest BCUT2D eigenvalue weighted by Gasteiger charge is -2.30. The van der Waals surface area contributed by atoms with Crippen LogP contribution in [0.5, 0.6) is 0 Å². The summed E-state index contributed by atoms with van der Waals surface area (Å²) in [6.07, 6.45) is 0.403. The van der Waals surface area contributed by atoms with E-state index in [1.807, 2.05) is 19.1 Å². The van der Waals surface area contributed by atoms with E-state index in [-0.39, 0.29) is 5.78 Å². The zero-order valence-electron chi connectivity index (χ0n) is 10.8. The molecule has 1 aliphatic heterocycles. The smallest absolute Gasteiger partial charge is 0.166 e. The average molecular weight is 248 g/mol. The number of nitrogens with two attached hydrogens (primary N) is 1. The first kappa shape index (κ1) is 13.1. The van der Waals surface area contributed by atoms with Gasteiger partial charge in [0, 0.05) is 30.8 Å². The molecule has 1 aromatic carbocycles. The third-order valence-electron chi connectivity index (χ3n) is 3.18. The molecule has 1 aromatic rings. The van der Waals surface area contributed by atoms with Crippen LogP contribution in [0.1, 0.15) is 22.3 Å². The molecule has 0 atom stereocenters. The molecule has 4 nitrogen and oxygen atoms in total. The number of carbonyl (C=O) groups is 1. The lowest BCUT2D eigenvalue weighted by Crippen LogP contribution is -2.37. The Morgan fingerprint density at radius 2 is 2.11 bits per heavy atom. The van der Waals surface area contributed by atoms with Crippen LogP contribution in [0.4, 0.5) is 5.69 Å². The summed E-state index contributed by atoms with van der Waals surface area (Å²) in [5.74, 6) is 0.124. The second-order valence-electron chi connectivity index (χ2n) is 4.58. The molecule has 0 radical (unpaired) electrons. The molecule has 18 heavy (non-hydrogen) atoms. The summed E-state index contributed by atoms with van der Waals surface area (Å²) in [4.78, 5) is 14.3. The molecule has 0 unspecified atom stereocenters. The van der Waals surface area contributed by atoms with Crippen molar-refractivity contribution in [3.63, 3.8) is 0 Å². The Hall–Kier alpha value is -1.39. The maximum atomic E-state index is 12.1. The highest BCUT2D eigenvalue weighted by molar-refractivity contribution is 6.01. The summed E-state index contributed by atoms with van der Waals surface area (Å²) in [5.41, 5.74) is 8.45. The number of benzene rings is 1. The van der Waals surface area contributed by atoms with E-state index in [9.17, 15) is 4.79 Å². The number of ketones is 1. The first-order valence-corrected chi connectivity index (χ1v) is 6.39. The quantitative estimate of drug-likeness (QED) is 0.818. The highest BCUT2D eigenvalue weighted by Crippen LogP contribution is 2.24. The van der Waals surface area contributed by atoms with Crippen molar-refractivity contribution in [2.24, 2.45) is 5.73 Å². The van der Waals surface area contributed by atoms with Crippen LogP contribution in [-0.2, 0) is 4.74 Å². The topological polar surface area (TPSA) is 55.6 Å². The number of rotatable bonds is 4. The molecule has 0 bridgehead atoms. The van der Waals surface area contributed by atoms with E-state index in [4.69, 9.17) is 10.5 Å². The molecule has 1 aliphatic rings. The Labute approximate surface area is 108 Å². The molecule has 1 heterocycles. The number of morpholine rings is 1. The number of Topliss-reactive ketones (excluding diaryl/α,β-unsaturated/α-hetero) is 1. The van der Waals surface area contributed by atoms with Gasteiger partial charge in [-0.3, -0.25) is 4.79 Å². The van der Waals surface area contributed by atoms with Crippen molar-refractivity contribution in [1.82, 2.24) is 0 Å². The monoisotopic (exact) mass is 248 g/mol. The molecular weight excluding hydrogens is 228 g/mol. The summed E-state index contributed by atoms with van der Waals surface area (Å²) >= 11 is 0. The second kappa shape index (κ2) is 5.98. The zero-order valence-corrected chi connectivity index (χ0v) is 10.8. The van der Waals surface area contributed by atoms with Gasteiger partial charge in [-0.2, -0.15) is 0 Å². The van der Waals surface area contributed by atoms with E-state index in [0.29, 0.717) is 13.0 Å². The molecule has 1 fully saturated rings. The number of hydrogen-bond acceptors (Lipinski definition) is 4. The SMILES string of the molecule is Cc1ccc(C(=O)CCN)c(N2CCOCC2)c1. The normalized spacial score (nSPS) is 15.8. The molecule has 0 aliphatic carbocycles. The molecule has 0 saturated carbocycles. The predicted octanol–water partition coefficient (Wildman–Crippen LogP) is 1.36. The molecule has 0 spiro atoms. The lowest BCUT2D eigenvalue weighted by molar-refractivity contribution is 0.0983. The van der Waals surface area contributed by atoms with Gasteiger partial charge in [0.05, 0.1) is 13.2 Å². The number of hydrogen-bond donors (Lipinski definition) is 1. The average Bonchev–Trinajstić information content (AvgIpc) is 2.40. The van der Waals surface area contributed by atoms with Crippen LogP contribution in [0.25, 0.3) is 0 Å². The molecule has 0 amide bonds. The zero-order chi connectivity index (χ0) is 13.0. The summed E-state index contributed by atoms with van der Waals surface area (Å²) in [6.45, 7) is 5.56. The van der Waals surface area contributed by atoms with Crippen LogP contribution in [0, 0.1) is 6.92 Å². The fourth-order valence-electron chi connectivity index (χ4n) is 2.21. The Morgan fingerprint density at radius 3 is 2.78 bits per heavy atom. The first-order valence-electron chi connectivity index (χ1n) is 6.39. The molecule has 98 valence electrons. The van der Waals surface area contributed by atoms with E-state index >= 15 is 0 Å². The number of anilines is 1. The van der Waals surface area contributed by atoms with Crippen molar-refractivity contribution in [2.45, 2.75) is 13.3 Å². The van der Waals surface area contributed by atoms with Crippen LogP contribution in [-0.4, -0.2) is 38.6 Å². The van der Waals surface area contributed by atoms with Crippen molar-refractivity contribution in [3.05, 3.63) is 29.3 Å². The number of carbonyl (C=O) groups excluding carboxylic acids is 1. The van der Waals surface area contributed by atoms with Crippen molar-refractivity contribution < 1.29 is 9.53 Å². The van der Waals surface area contributed by atoms with E-state index in [1.165, 1.54) is 5.56 Å². The molecule has 0 aromatic heterocycles. The van der Waals surface area contributed by atoms with Gasteiger partial charge in [0.15, 0.2) is 5.78 Å². The van der Waals surface area contributed by atoms with Crippen LogP contribution >= 0.6 is 0 Å². The van der Waals surface area contributed by atoms with Crippen LogP contribution in [0.15, 0.2) is 18.2 Å². The maximum Gasteiger partial charge on any atom is 0.166 e. The van der Waals surface area contributed by atoms with Gasteiger partial charge in [0.2, 0.25) is 0 Å². The predicted molar refractivity (Wildman–Crippen MR) is 72.2 cm³/mol. The Bertz CT molecular complexity index is 426. The van der Waals surface area contributed by atoms with E-state index in [0.717, 1.165) is 37.6 Å². The number of ether oxygens (including phenoxy) is 1. The van der Waals surface area contributed by atoms with E-state index in [2.05, 4.69) is 11.0 Å². The minimum Gasteiger partial charge on any atom is -0.378 e. The second-order valence-corrected chi connectivity index (χ2v) is 4.58. The minimum atomic E-state index is 0.124. The van der Waals surface area contributed by atoms with Crippen molar-refractivity contribution in [1.29, 1.82) is 0 Å². The number of aryl methyl sites for hydroxylation is 1.